The summed E-state index contributed by atoms with van der Waals surface area (Å²) in [5.41, 5.74) is 0.793. The molecule has 0 atom stereocenters. The zero-order valence-electron chi connectivity index (χ0n) is 18.0. The Morgan fingerprint density at radius 3 is 2.56 bits per heavy atom. The van der Waals surface area contributed by atoms with Crippen LogP contribution in [-0.2, 0) is 22.6 Å². The van der Waals surface area contributed by atoms with Crippen LogP contribution >= 0.6 is 0 Å². The molecule has 0 saturated carbocycles. The van der Waals surface area contributed by atoms with Gasteiger partial charge in [-0.3, -0.25) is 9.59 Å². The molecular formula is C23H20F5N3O3. The number of anilines is 1. The Morgan fingerprint density at radius 2 is 1.88 bits per heavy atom. The van der Waals surface area contributed by atoms with Crippen LogP contribution in [0.1, 0.15) is 24.8 Å². The number of benzene rings is 2. The number of nitrogens with zero attached hydrogens (tertiary/aromatic N) is 2. The predicted molar refractivity (Wildman–Crippen MR) is 112 cm³/mol. The molecule has 0 bridgehead atoms. The number of alkyl halides is 3. The molecule has 2 aromatic carbocycles. The lowest BCUT2D eigenvalue weighted by molar-refractivity contribution is -0.185. The van der Waals surface area contributed by atoms with E-state index in [2.05, 4.69) is 10.3 Å². The molecule has 2 amide bonds. The smallest absolute Gasteiger partial charge is 0.441 e. The zero-order chi connectivity index (χ0) is 24.9. The third kappa shape index (κ3) is 6.40. The maximum Gasteiger partial charge on any atom is 0.471 e. The fraction of sp³-hybridized carbons (Fsp3) is 0.261. The molecule has 0 spiro atoms. The van der Waals surface area contributed by atoms with E-state index in [1.165, 1.54) is 25.3 Å². The summed E-state index contributed by atoms with van der Waals surface area (Å²) >= 11 is 0. The fourth-order valence-electron chi connectivity index (χ4n) is 3.16. The number of aromatic nitrogens is 1. The Labute approximate surface area is 191 Å². The summed E-state index contributed by atoms with van der Waals surface area (Å²) in [7, 11) is 0. The van der Waals surface area contributed by atoms with Crippen LogP contribution in [0.2, 0.25) is 0 Å². The molecule has 0 fully saturated rings. The number of aryl methyl sites for hydroxylation is 1. The summed E-state index contributed by atoms with van der Waals surface area (Å²) < 4.78 is 70.5. The highest BCUT2D eigenvalue weighted by Gasteiger charge is 2.41. The van der Waals surface area contributed by atoms with E-state index in [0.29, 0.717) is 16.2 Å². The fourth-order valence-corrected chi connectivity index (χ4v) is 3.16. The van der Waals surface area contributed by atoms with E-state index in [1.807, 2.05) is 0 Å². The topological polar surface area (TPSA) is 75.4 Å². The van der Waals surface area contributed by atoms with Gasteiger partial charge in [0.2, 0.25) is 5.91 Å². The second kappa shape index (κ2) is 10.4. The van der Waals surface area contributed by atoms with E-state index in [4.69, 9.17) is 4.42 Å². The molecular weight excluding hydrogens is 461 g/mol. The van der Waals surface area contributed by atoms with Crippen LogP contribution in [-0.4, -0.2) is 34.4 Å². The second-order valence-corrected chi connectivity index (χ2v) is 7.31. The van der Waals surface area contributed by atoms with Crippen LogP contribution in [0, 0.1) is 11.6 Å². The van der Waals surface area contributed by atoms with Gasteiger partial charge in [-0.05, 0) is 36.8 Å². The second-order valence-electron chi connectivity index (χ2n) is 7.31. The quantitative estimate of drug-likeness (QED) is 0.454. The van der Waals surface area contributed by atoms with Gasteiger partial charge in [-0.1, -0.05) is 12.1 Å². The van der Waals surface area contributed by atoms with E-state index < -0.39 is 29.6 Å². The average molecular weight is 481 g/mol. The molecule has 1 aromatic heterocycles. The monoisotopic (exact) mass is 481 g/mol. The van der Waals surface area contributed by atoms with Crippen molar-refractivity contribution in [3.8, 4) is 11.3 Å². The van der Waals surface area contributed by atoms with Gasteiger partial charge in [0.15, 0.2) is 11.7 Å². The lowest BCUT2D eigenvalue weighted by atomic mass is 10.1. The van der Waals surface area contributed by atoms with Gasteiger partial charge < -0.3 is 14.6 Å². The minimum Gasteiger partial charge on any atom is -0.441 e. The van der Waals surface area contributed by atoms with Crippen molar-refractivity contribution in [2.75, 3.05) is 11.9 Å². The minimum atomic E-state index is -4.97. The van der Waals surface area contributed by atoms with Gasteiger partial charge in [-0.15, -0.1) is 0 Å². The summed E-state index contributed by atoms with van der Waals surface area (Å²) in [4.78, 5) is 28.4. The minimum absolute atomic E-state index is 0.0338. The van der Waals surface area contributed by atoms with Crippen LogP contribution in [0.3, 0.4) is 0 Å². The Hall–Kier alpha value is -3.76. The third-order valence-corrected chi connectivity index (χ3v) is 4.81. The van der Waals surface area contributed by atoms with Crippen molar-refractivity contribution in [2.24, 2.45) is 0 Å². The average Bonchev–Trinajstić information content (AvgIpc) is 3.24. The Balaban J connectivity index is 1.58. The summed E-state index contributed by atoms with van der Waals surface area (Å²) in [5, 5.41) is 2.62. The molecule has 1 N–H and O–H groups in total. The molecule has 0 aliphatic heterocycles. The number of rotatable bonds is 8. The van der Waals surface area contributed by atoms with E-state index in [9.17, 15) is 31.5 Å². The molecule has 0 aliphatic rings. The lowest BCUT2D eigenvalue weighted by Crippen LogP contribution is -2.40. The van der Waals surface area contributed by atoms with Crippen molar-refractivity contribution in [3.05, 3.63) is 71.8 Å². The number of hydrogen-bond donors (Lipinski definition) is 1. The molecule has 0 aliphatic carbocycles. The number of oxazole rings is 1. The molecule has 11 heteroatoms. The standard InChI is InChI=1S/C23H20F5N3O3/c1-2-31(22(33)23(26,27)28)13-14-4-3-5-16(10-14)30-20(32)8-9-21-29-12-19(34-21)17-7-6-15(24)11-18(17)25/h3-7,10-12H,2,8-9,13H2,1H3,(H,30,32). The Kier molecular flexibility index (Phi) is 7.64. The van der Waals surface area contributed by atoms with E-state index in [-0.39, 0.29) is 43.1 Å². The van der Waals surface area contributed by atoms with Gasteiger partial charge in [-0.2, -0.15) is 13.2 Å². The van der Waals surface area contributed by atoms with Gasteiger partial charge in [-0.25, -0.2) is 13.8 Å². The van der Waals surface area contributed by atoms with Crippen LogP contribution in [0.15, 0.2) is 53.1 Å². The molecule has 0 saturated heterocycles. The number of amides is 2. The van der Waals surface area contributed by atoms with Gasteiger partial charge in [0.25, 0.3) is 0 Å². The van der Waals surface area contributed by atoms with Crippen LogP contribution in [0.5, 0.6) is 0 Å². The van der Waals surface area contributed by atoms with Crippen LogP contribution in [0.4, 0.5) is 27.6 Å². The van der Waals surface area contributed by atoms with Crippen molar-refractivity contribution < 1.29 is 36.0 Å². The first kappa shape index (κ1) is 24.9. The summed E-state index contributed by atoms with van der Waals surface area (Å²) in [6.07, 6.45) is -3.64. The normalized spacial score (nSPS) is 11.4. The first-order valence-electron chi connectivity index (χ1n) is 10.2. The van der Waals surface area contributed by atoms with Crippen LogP contribution in [0.25, 0.3) is 11.3 Å². The van der Waals surface area contributed by atoms with E-state index in [1.54, 1.807) is 18.2 Å². The molecule has 0 radical (unpaired) electrons. The van der Waals surface area contributed by atoms with Gasteiger partial charge >= 0.3 is 12.1 Å². The lowest BCUT2D eigenvalue weighted by Gasteiger charge is -2.22. The summed E-state index contributed by atoms with van der Waals surface area (Å²) in [5.74, 6) is -3.62. The van der Waals surface area contributed by atoms with Crippen molar-refractivity contribution in [3.63, 3.8) is 0 Å². The maximum absolute atomic E-state index is 13.9. The van der Waals surface area contributed by atoms with E-state index >= 15 is 0 Å². The van der Waals surface area contributed by atoms with Crippen molar-refractivity contribution in [1.82, 2.24) is 9.88 Å². The van der Waals surface area contributed by atoms with Gasteiger partial charge in [0.05, 0.1) is 11.8 Å². The largest absolute Gasteiger partial charge is 0.471 e. The highest BCUT2D eigenvalue weighted by molar-refractivity contribution is 5.90. The highest BCUT2D eigenvalue weighted by Crippen LogP contribution is 2.25. The van der Waals surface area contributed by atoms with Crippen molar-refractivity contribution in [2.45, 2.75) is 32.5 Å². The maximum atomic E-state index is 13.9. The van der Waals surface area contributed by atoms with Gasteiger partial charge in [0.1, 0.15) is 11.6 Å². The van der Waals surface area contributed by atoms with Crippen molar-refractivity contribution in [1.29, 1.82) is 0 Å². The highest BCUT2D eigenvalue weighted by atomic mass is 19.4. The zero-order valence-corrected chi connectivity index (χ0v) is 18.0. The third-order valence-electron chi connectivity index (χ3n) is 4.81. The SMILES string of the molecule is CCN(Cc1cccc(NC(=O)CCc2ncc(-c3ccc(F)cc3F)o2)c1)C(=O)C(F)(F)F. The summed E-state index contributed by atoms with van der Waals surface area (Å²) in [6, 6.07) is 9.16. The molecule has 3 aromatic rings. The van der Waals surface area contributed by atoms with Crippen LogP contribution < -0.4 is 5.32 Å². The first-order chi connectivity index (χ1) is 16.1. The Morgan fingerprint density at radius 1 is 1.12 bits per heavy atom. The predicted octanol–water partition coefficient (Wildman–Crippen LogP) is 5.10. The Bertz CT molecular complexity index is 1180. The number of carbonyl (C=O) groups is 2. The molecule has 3 rings (SSSR count). The molecule has 180 valence electrons. The number of halogens is 5. The first-order valence-corrected chi connectivity index (χ1v) is 10.2. The number of carbonyl (C=O) groups excluding carboxylic acids is 2. The molecule has 0 unspecified atom stereocenters. The van der Waals surface area contributed by atoms with E-state index in [0.717, 1.165) is 12.1 Å². The number of hydrogen-bond acceptors (Lipinski definition) is 4. The number of nitrogens with one attached hydrogen (secondary N) is 1. The molecule has 34 heavy (non-hydrogen) atoms. The van der Waals surface area contributed by atoms with Gasteiger partial charge in [0, 0.05) is 37.7 Å². The summed E-state index contributed by atoms with van der Waals surface area (Å²) in [6.45, 7) is 1.04. The van der Waals surface area contributed by atoms with Crippen molar-refractivity contribution >= 4 is 17.5 Å². The molecule has 6 nitrogen and oxygen atoms in total. The molecule has 1 heterocycles.